The van der Waals surface area contributed by atoms with Gasteiger partial charge in [0.1, 0.15) is 0 Å². The van der Waals surface area contributed by atoms with E-state index in [0.717, 1.165) is 19.6 Å². The molecule has 4 nitrogen and oxygen atoms in total. The molecule has 0 bridgehead atoms. The van der Waals surface area contributed by atoms with Crippen molar-refractivity contribution < 1.29 is 9.90 Å². The van der Waals surface area contributed by atoms with Crippen LogP contribution in [0.25, 0.3) is 0 Å². The first kappa shape index (κ1) is 8.49. The molecule has 1 aliphatic rings. The fraction of sp³-hybridized carbons (Fsp3) is 0.857. The molecule has 0 spiro atoms. The fourth-order valence-electron chi connectivity index (χ4n) is 1.35. The number of nitrogens with one attached hydrogen (secondary N) is 1. The minimum absolute atomic E-state index is 0.173. The minimum atomic E-state index is -0.737. The van der Waals surface area contributed by atoms with E-state index in [1.54, 1.807) is 0 Å². The van der Waals surface area contributed by atoms with Crippen molar-refractivity contribution in [3.05, 3.63) is 0 Å². The number of hydrogen-bond acceptors (Lipinski definition) is 3. The van der Waals surface area contributed by atoms with Gasteiger partial charge >= 0.3 is 5.97 Å². The molecule has 0 unspecified atom stereocenters. The second-order valence-electron chi connectivity index (χ2n) is 2.98. The van der Waals surface area contributed by atoms with Gasteiger partial charge in [-0.3, -0.25) is 9.69 Å². The van der Waals surface area contributed by atoms with Crippen LogP contribution in [0, 0.1) is 0 Å². The van der Waals surface area contributed by atoms with Gasteiger partial charge in [0.25, 0.3) is 0 Å². The molecule has 4 heteroatoms. The third-order valence-corrected chi connectivity index (χ3v) is 1.81. The quantitative estimate of drug-likeness (QED) is 0.561. The summed E-state index contributed by atoms with van der Waals surface area (Å²) in [6.07, 6.45) is 0. The molecular formula is C7H14N2O2. The molecule has 0 aromatic heterocycles. The lowest BCUT2D eigenvalue weighted by Gasteiger charge is -2.30. The number of carboxylic acids is 1. The summed E-state index contributed by atoms with van der Waals surface area (Å²) in [5.41, 5.74) is 0. The molecule has 0 radical (unpaired) electrons. The summed E-state index contributed by atoms with van der Waals surface area (Å²) >= 11 is 0. The average Bonchev–Trinajstić information content (AvgIpc) is 1.85. The van der Waals surface area contributed by atoms with Crippen molar-refractivity contribution in [3.63, 3.8) is 0 Å². The van der Waals surface area contributed by atoms with Crippen molar-refractivity contribution in [1.29, 1.82) is 0 Å². The maximum atomic E-state index is 10.3. The molecule has 0 aromatic rings. The second-order valence-corrected chi connectivity index (χ2v) is 2.98. The highest BCUT2D eigenvalue weighted by molar-refractivity contribution is 5.69. The summed E-state index contributed by atoms with van der Waals surface area (Å²) in [6, 6.07) is 0.420. The predicted octanol–water partition coefficient (Wildman–Crippen LogP) is -0.635. The number of aliphatic carboxylic acids is 1. The summed E-state index contributed by atoms with van der Waals surface area (Å²) < 4.78 is 0. The molecule has 1 aliphatic heterocycles. The molecule has 0 amide bonds. The molecule has 2 N–H and O–H groups in total. The molecule has 64 valence electrons. The van der Waals surface area contributed by atoms with E-state index in [1.807, 2.05) is 4.90 Å². The van der Waals surface area contributed by atoms with Crippen LogP contribution in [0.2, 0.25) is 0 Å². The molecule has 0 aromatic carbocycles. The zero-order chi connectivity index (χ0) is 8.27. The lowest BCUT2D eigenvalue weighted by Crippen LogP contribution is -2.50. The van der Waals surface area contributed by atoms with Gasteiger partial charge in [0.15, 0.2) is 0 Å². The second kappa shape index (κ2) is 3.69. The minimum Gasteiger partial charge on any atom is -0.480 e. The third-order valence-electron chi connectivity index (χ3n) is 1.81. The summed E-state index contributed by atoms with van der Waals surface area (Å²) in [5, 5.41) is 11.7. The zero-order valence-electron chi connectivity index (χ0n) is 6.71. The molecular weight excluding hydrogens is 144 g/mol. The monoisotopic (exact) mass is 158 g/mol. The Bertz CT molecular complexity index is 149. The highest BCUT2D eigenvalue weighted by atomic mass is 16.4. The Kier molecular flexibility index (Phi) is 2.84. The van der Waals surface area contributed by atoms with E-state index in [2.05, 4.69) is 12.2 Å². The summed E-state index contributed by atoms with van der Waals surface area (Å²) in [4.78, 5) is 12.3. The van der Waals surface area contributed by atoms with Crippen molar-refractivity contribution >= 4 is 5.97 Å². The Hall–Kier alpha value is -0.610. The Morgan fingerprint density at radius 1 is 1.82 bits per heavy atom. The zero-order valence-corrected chi connectivity index (χ0v) is 6.71. The van der Waals surface area contributed by atoms with Crippen LogP contribution in [0.15, 0.2) is 0 Å². The SMILES string of the molecule is C[C@H]1CN(CC(=O)O)CCN1. The lowest BCUT2D eigenvalue weighted by atomic mass is 10.2. The Morgan fingerprint density at radius 2 is 2.55 bits per heavy atom. The van der Waals surface area contributed by atoms with E-state index in [4.69, 9.17) is 5.11 Å². The smallest absolute Gasteiger partial charge is 0.317 e. The normalized spacial score (nSPS) is 26.8. The Morgan fingerprint density at radius 3 is 3.09 bits per heavy atom. The van der Waals surface area contributed by atoms with Gasteiger partial charge < -0.3 is 10.4 Å². The van der Waals surface area contributed by atoms with Crippen LogP contribution in [0.3, 0.4) is 0 Å². The molecule has 0 aliphatic carbocycles. The third kappa shape index (κ3) is 2.86. The molecule has 1 rings (SSSR count). The molecule has 1 heterocycles. The van der Waals surface area contributed by atoms with Gasteiger partial charge in [-0.15, -0.1) is 0 Å². The van der Waals surface area contributed by atoms with Gasteiger partial charge in [-0.2, -0.15) is 0 Å². The molecule has 1 atom stereocenters. The number of carbonyl (C=O) groups is 1. The topological polar surface area (TPSA) is 52.6 Å². The molecule has 0 saturated carbocycles. The summed E-state index contributed by atoms with van der Waals surface area (Å²) in [6.45, 7) is 4.82. The van der Waals surface area contributed by atoms with Crippen LogP contribution < -0.4 is 5.32 Å². The van der Waals surface area contributed by atoms with Crippen LogP contribution in [-0.2, 0) is 4.79 Å². The Balaban J connectivity index is 2.28. The van der Waals surface area contributed by atoms with E-state index in [9.17, 15) is 4.79 Å². The van der Waals surface area contributed by atoms with Crippen LogP contribution >= 0.6 is 0 Å². The van der Waals surface area contributed by atoms with Crippen molar-refractivity contribution in [2.24, 2.45) is 0 Å². The van der Waals surface area contributed by atoms with E-state index < -0.39 is 5.97 Å². The predicted molar refractivity (Wildman–Crippen MR) is 41.5 cm³/mol. The number of nitrogens with zero attached hydrogens (tertiary/aromatic N) is 1. The van der Waals surface area contributed by atoms with Gasteiger partial charge in [0.05, 0.1) is 6.54 Å². The van der Waals surface area contributed by atoms with Gasteiger partial charge in [0.2, 0.25) is 0 Å². The molecule has 1 saturated heterocycles. The van der Waals surface area contributed by atoms with Gasteiger partial charge in [-0.1, -0.05) is 0 Å². The number of piperazine rings is 1. The van der Waals surface area contributed by atoms with E-state index >= 15 is 0 Å². The van der Waals surface area contributed by atoms with Crippen molar-refractivity contribution in [1.82, 2.24) is 10.2 Å². The van der Waals surface area contributed by atoms with Gasteiger partial charge in [0, 0.05) is 25.7 Å². The summed E-state index contributed by atoms with van der Waals surface area (Å²) in [5.74, 6) is -0.737. The highest BCUT2D eigenvalue weighted by Crippen LogP contribution is 1.96. The van der Waals surface area contributed by atoms with Crippen molar-refractivity contribution in [2.75, 3.05) is 26.2 Å². The highest BCUT2D eigenvalue weighted by Gasteiger charge is 2.16. The first-order valence-electron chi connectivity index (χ1n) is 3.86. The largest absolute Gasteiger partial charge is 0.480 e. The maximum absolute atomic E-state index is 10.3. The number of hydrogen-bond donors (Lipinski definition) is 2. The first-order valence-corrected chi connectivity index (χ1v) is 3.86. The molecule has 11 heavy (non-hydrogen) atoms. The standard InChI is InChI=1S/C7H14N2O2/c1-6-4-9(3-2-8-6)5-7(10)11/h6,8H,2-5H2,1H3,(H,10,11)/t6-/m0/s1. The van der Waals surface area contributed by atoms with E-state index in [0.29, 0.717) is 6.04 Å². The van der Waals surface area contributed by atoms with E-state index in [1.165, 1.54) is 0 Å². The van der Waals surface area contributed by atoms with E-state index in [-0.39, 0.29) is 6.54 Å². The van der Waals surface area contributed by atoms with Gasteiger partial charge in [-0.25, -0.2) is 0 Å². The Labute approximate surface area is 66.2 Å². The van der Waals surface area contributed by atoms with Crippen LogP contribution in [-0.4, -0.2) is 48.2 Å². The first-order chi connectivity index (χ1) is 5.18. The number of carboxylic acid groups (broad SMARTS) is 1. The van der Waals surface area contributed by atoms with Gasteiger partial charge in [-0.05, 0) is 6.92 Å². The maximum Gasteiger partial charge on any atom is 0.317 e. The molecule has 1 fully saturated rings. The fourth-order valence-corrected chi connectivity index (χ4v) is 1.35. The van der Waals surface area contributed by atoms with Crippen LogP contribution in [0.4, 0.5) is 0 Å². The number of rotatable bonds is 2. The average molecular weight is 158 g/mol. The van der Waals surface area contributed by atoms with Crippen molar-refractivity contribution in [2.45, 2.75) is 13.0 Å². The summed E-state index contributed by atoms with van der Waals surface area (Å²) in [7, 11) is 0. The van der Waals surface area contributed by atoms with Crippen LogP contribution in [0.1, 0.15) is 6.92 Å². The van der Waals surface area contributed by atoms with Crippen LogP contribution in [0.5, 0.6) is 0 Å². The van der Waals surface area contributed by atoms with Crippen molar-refractivity contribution in [3.8, 4) is 0 Å². The lowest BCUT2D eigenvalue weighted by molar-refractivity contribution is -0.138.